The Morgan fingerprint density at radius 2 is 2.07 bits per heavy atom. The third-order valence-corrected chi connectivity index (χ3v) is 4.09. The predicted octanol–water partition coefficient (Wildman–Crippen LogP) is 4.11. The first-order valence-electron chi connectivity index (χ1n) is 8.82. The lowest BCUT2D eigenvalue weighted by molar-refractivity contribution is -0.137. The van der Waals surface area contributed by atoms with Crippen LogP contribution in [0, 0.1) is 5.92 Å². The van der Waals surface area contributed by atoms with Gasteiger partial charge in [-0.2, -0.15) is 13.2 Å². The molecule has 2 N–H and O–H groups in total. The van der Waals surface area contributed by atoms with E-state index in [9.17, 15) is 22.8 Å². The zero-order chi connectivity index (χ0) is 21.4. The molecule has 154 valence electrons. The Labute approximate surface area is 166 Å². The van der Waals surface area contributed by atoms with Crippen LogP contribution in [0.25, 0.3) is 0 Å². The smallest absolute Gasteiger partial charge is 0.416 e. The minimum Gasteiger partial charge on any atom is -0.461 e. The van der Waals surface area contributed by atoms with Gasteiger partial charge < -0.3 is 15.4 Å². The molecule has 0 saturated carbocycles. The highest BCUT2D eigenvalue weighted by Crippen LogP contribution is 2.34. The highest BCUT2D eigenvalue weighted by molar-refractivity contribution is 5.98. The maximum absolute atomic E-state index is 13.2. The van der Waals surface area contributed by atoms with Crippen LogP contribution in [0.5, 0.6) is 5.75 Å². The summed E-state index contributed by atoms with van der Waals surface area (Å²) in [6, 6.07) is 2.71. The van der Waals surface area contributed by atoms with Crippen LogP contribution < -0.4 is 15.4 Å². The summed E-state index contributed by atoms with van der Waals surface area (Å²) >= 11 is 0. The molecule has 29 heavy (non-hydrogen) atoms. The predicted molar refractivity (Wildman–Crippen MR) is 103 cm³/mol. The first-order chi connectivity index (χ1) is 13.8. The van der Waals surface area contributed by atoms with Gasteiger partial charge in [-0.1, -0.05) is 19.1 Å². The molecule has 0 fully saturated rings. The first-order valence-corrected chi connectivity index (χ1v) is 8.82. The highest BCUT2D eigenvalue weighted by atomic mass is 19.4. The summed E-state index contributed by atoms with van der Waals surface area (Å²) in [6.45, 7) is 1.91. The molecule has 1 aromatic carbocycles. The summed E-state index contributed by atoms with van der Waals surface area (Å²) < 4.78 is 45.3. The van der Waals surface area contributed by atoms with Gasteiger partial charge in [0.2, 0.25) is 0 Å². The number of carbonyl (C=O) groups excluding carboxylic acids is 2. The number of halogens is 3. The van der Waals surface area contributed by atoms with Crippen molar-refractivity contribution in [1.29, 1.82) is 0 Å². The summed E-state index contributed by atoms with van der Waals surface area (Å²) in [5, 5.41) is 5.11. The Morgan fingerprint density at radius 1 is 1.31 bits per heavy atom. The number of nitrogens with one attached hydrogen (secondary N) is 2. The summed E-state index contributed by atoms with van der Waals surface area (Å²) in [5.74, 6) is -0.283. The molecule has 0 spiro atoms. The maximum atomic E-state index is 13.2. The number of hydrogen-bond donors (Lipinski definition) is 2. The van der Waals surface area contributed by atoms with Crippen LogP contribution in [0.1, 0.15) is 29.3 Å². The third kappa shape index (κ3) is 6.10. The van der Waals surface area contributed by atoms with E-state index in [2.05, 4.69) is 10.6 Å². The van der Waals surface area contributed by atoms with Crippen LogP contribution >= 0.6 is 0 Å². The number of amides is 1. The van der Waals surface area contributed by atoms with Crippen molar-refractivity contribution in [2.24, 2.45) is 5.92 Å². The fraction of sp³-hybridized carbons (Fsp3) is 0.238. The van der Waals surface area contributed by atoms with Gasteiger partial charge in [-0.3, -0.25) is 9.59 Å². The minimum absolute atomic E-state index is 0.00745. The molecule has 0 bridgehead atoms. The number of allylic oxidation sites excluding steroid dienone is 6. The third-order valence-electron chi connectivity index (χ3n) is 4.09. The van der Waals surface area contributed by atoms with Crippen molar-refractivity contribution >= 4 is 12.2 Å². The molecule has 2 rings (SSSR count). The van der Waals surface area contributed by atoms with Crippen molar-refractivity contribution < 1.29 is 27.5 Å². The molecular weight excluding hydrogens is 385 g/mol. The molecule has 0 aromatic heterocycles. The van der Waals surface area contributed by atoms with E-state index < -0.39 is 17.6 Å². The summed E-state index contributed by atoms with van der Waals surface area (Å²) in [4.78, 5) is 23.5. The Kier molecular flexibility index (Phi) is 7.41. The van der Waals surface area contributed by atoms with E-state index in [0.29, 0.717) is 12.0 Å². The normalized spacial score (nSPS) is 17.1. The fourth-order valence-corrected chi connectivity index (χ4v) is 2.54. The van der Waals surface area contributed by atoms with Crippen molar-refractivity contribution in [3.63, 3.8) is 0 Å². The van der Waals surface area contributed by atoms with E-state index in [1.165, 1.54) is 12.3 Å². The fourth-order valence-electron chi connectivity index (χ4n) is 2.54. The van der Waals surface area contributed by atoms with Crippen LogP contribution in [-0.2, 0) is 11.0 Å². The molecule has 0 heterocycles. The number of carbonyl (C=O) groups is 2. The van der Waals surface area contributed by atoms with Crippen LogP contribution in [0.3, 0.4) is 0 Å². The SMILES string of the molecule is CN/C=C\C(=C/C=O)NC(=O)c1cc(C(F)(F)F)ccc1OC1=CC=CCC1C. The molecule has 1 unspecified atom stereocenters. The second-order valence-corrected chi connectivity index (χ2v) is 6.28. The molecular formula is C21H21F3N2O3. The number of hydrogen-bond acceptors (Lipinski definition) is 4. The van der Waals surface area contributed by atoms with Gasteiger partial charge in [0.05, 0.1) is 11.1 Å². The van der Waals surface area contributed by atoms with Crippen molar-refractivity contribution in [3.05, 3.63) is 77.4 Å². The lowest BCUT2D eigenvalue weighted by atomic mass is 10.0. The van der Waals surface area contributed by atoms with Crippen LogP contribution in [0.4, 0.5) is 13.2 Å². The zero-order valence-corrected chi connectivity index (χ0v) is 15.9. The van der Waals surface area contributed by atoms with Gasteiger partial charge >= 0.3 is 6.18 Å². The number of ether oxygens (including phenoxy) is 1. The highest BCUT2D eigenvalue weighted by Gasteiger charge is 2.32. The monoisotopic (exact) mass is 406 g/mol. The molecule has 5 nitrogen and oxygen atoms in total. The lowest BCUT2D eigenvalue weighted by Gasteiger charge is -2.20. The standard InChI is InChI=1S/C21H21F3N2O3/c1-14-5-3-4-6-18(14)29-19-8-7-15(21(22,23)24)13-17(19)20(28)26-16(10-12-27)9-11-25-2/h3-4,6-14,25H,5H2,1-2H3,(H,26,28)/b11-9-,16-10+. The number of aldehydes is 1. The average molecular weight is 406 g/mol. The maximum Gasteiger partial charge on any atom is 0.416 e. The lowest BCUT2D eigenvalue weighted by Crippen LogP contribution is -2.24. The zero-order valence-electron chi connectivity index (χ0n) is 15.9. The summed E-state index contributed by atoms with van der Waals surface area (Å²) in [6.07, 6.45) is 5.93. The second-order valence-electron chi connectivity index (χ2n) is 6.28. The molecule has 1 atom stereocenters. The molecule has 1 aliphatic carbocycles. The Bertz CT molecular complexity index is 884. The van der Waals surface area contributed by atoms with Gasteiger partial charge in [-0.05, 0) is 43.0 Å². The summed E-state index contributed by atoms with van der Waals surface area (Å²) in [7, 11) is 1.61. The van der Waals surface area contributed by atoms with E-state index in [0.717, 1.165) is 30.7 Å². The Hall–Kier alpha value is -3.29. The van der Waals surface area contributed by atoms with E-state index in [-0.39, 0.29) is 22.9 Å². The Morgan fingerprint density at radius 3 is 2.69 bits per heavy atom. The van der Waals surface area contributed by atoms with E-state index >= 15 is 0 Å². The second kappa shape index (κ2) is 9.77. The quantitative estimate of drug-likeness (QED) is 0.406. The topological polar surface area (TPSA) is 67.4 Å². The first kappa shape index (κ1) is 22.0. The minimum atomic E-state index is -4.62. The van der Waals surface area contributed by atoms with Crippen LogP contribution in [0.2, 0.25) is 0 Å². The molecule has 1 amide bonds. The number of benzene rings is 1. The molecule has 0 saturated heterocycles. The van der Waals surface area contributed by atoms with Gasteiger partial charge in [-0.15, -0.1) is 0 Å². The molecule has 0 aliphatic heterocycles. The van der Waals surface area contributed by atoms with Crippen molar-refractivity contribution in [1.82, 2.24) is 10.6 Å². The van der Waals surface area contributed by atoms with Gasteiger partial charge in [0, 0.05) is 24.7 Å². The molecule has 0 radical (unpaired) electrons. The van der Waals surface area contributed by atoms with E-state index in [4.69, 9.17) is 4.74 Å². The van der Waals surface area contributed by atoms with E-state index in [1.807, 2.05) is 13.0 Å². The van der Waals surface area contributed by atoms with Crippen LogP contribution in [0.15, 0.2) is 66.2 Å². The van der Waals surface area contributed by atoms with Gasteiger partial charge in [0.15, 0.2) is 0 Å². The number of rotatable bonds is 7. The van der Waals surface area contributed by atoms with Crippen molar-refractivity contribution in [2.45, 2.75) is 19.5 Å². The van der Waals surface area contributed by atoms with E-state index in [1.54, 1.807) is 19.2 Å². The Balaban J connectivity index is 2.42. The van der Waals surface area contributed by atoms with Crippen molar-refractivity contribution in [2.75, 3.05) is 7.05 Å². The summed E-state index contributed by atoms with van der Waals surface area (Å²) in [5.41, 5.74) is -1.17. The average Bonchev–Trinajstić information content (AvgIpc) is 2.67. The number of alkyl halides is 3. The van der Waals surface area contributed by atoms with Crippen molar-refractivity contribution in [3.8, 4) is 5.75 Å². The largest absolute Gasteiger partial charge is 0.461 e. The van der Waals surface area contributed by atoms with Gasteiger partial charge in [-0.25, -0.2) is 0 Å². The van der Waals surface area contributed by atoms with Crippen LogP contribution in [-0.4, -0.2) is 19.2 Å². The molecule has 1 aromatic rings. The van der Waals surface area contributed by atoms with Gasteiger partial charge in [0.1, 0.15) is 17.8 Å². The molecule has 8 heteroatoms. The molecule has 1 aliphatic rings. The van der Waals surface area contributed by atoms with Gasteiger partial charge in [0.25, 0.3) is 5.91 Å².